The molecule has 0 fully saturated rings. The standard InChI is InChI=1S/C27H22N8O2.C22H17ClN6O.C17H15ClN2O.C5H5ClN2O.C5H5N2O.3C4H9.Sn/c1-16(32-25-20(29-2)15-31-27(28)34-25)21-14-17-8-7-11-19(24-30-13-12-22(33-24)37-3)23(17)26(36)35(21)18-9-5-4-6-10-18;1-13(27-20-17(25-2)12-26-22(24)28-20)18-11-14-7-6-10-16(23)19(14)21(30)29(18)15-8-4-3-5-9-15;1-11(19)15-10-12-6-5-9-14(18)16(12)17(21)20(15)13-7-3-2-4-8-13;1-9-4-2-3-7-5(6)8-4;1-8-5-2-3-6-4-7-5;3*1-3-4-2;/h4-16H,1,3H3,(H3,28,31,32,34);3-13H,1H3,(H3,24,26,27,28);2-11H,19H2,1H3;2-3H,1H3;2-3H,1H3;3*1,3-4H2,2H3;/t16-;13-;11-;;;;;;/m000....../s1. The van der Waals surface area contributed by atoms with E-state index in [4.69, 9.17) is 89.3 Å². The Balaban J connectivity index is 0.000000164. The molecule has 0 aliphatic rings. The normalized spacial score (nSPS) is 11.6. The molecule has 0 aliphatic heterocycles. The predicted octanol–water partition coefficient (Wildman–Crippen LogP) is 18.6. The van der Waals surface area contributed by atoms with Crippen molar-refractivity contribution in [3.05, 3.63) is 299 Å². The largest absolute Gasteiger partial charge is 0.481 e. The zero-order valence-electron chi connectivity index (χ0n) is 66.8. The molecule has 14 aromatic rings. The molecule has 0 bridgehead atoms. The van der Waals surface area contributed by atoms with Crippen molar-refractivity contribution < 1.29 is 14.2 Å². The number of fused-ring (bicyclic) bond motifs is 3. The average molecular weight is 1750 g/mol. The molecule has 0 aliphatic carbocycles. The number of para-hydroxylation sites is 3. The van der Waals surface area contributed by atoms with E-state index in [9.17, 15) is 14.4 Å². The molecule has 0 unspecified atom stereocenters. The van der Waals surface area contributed by atoms with Crippen LogP contribution in [-0.2, 0) is 0 Å². The third-order valence-electron chi connectivity index (χ3n) is 19.3. The van der Waals surface area contributed by atoms with Crippen LogP contribution in [0.25, 0.3) is 70.5 Å². The number of unbranched alkanes of at least 4 members (excludes halogenated alkanes) is 3. The molecular formula is C88H91Cl3N20O6Sn. The summed E-state index contributed by atoms with van der Waals surface area (Å²) in [5, 5.41) is 11.2. The molecule has 0 spiro atoms. The van der Waals surface area contributed by atoms with Crippen LogP contribution < -0.4 is 62.6 Å². The summed E-state index contributed by atoms with van der Waals surface area (Å²) in [6.45, 7) is 27.3. The number of hydrogen-bond donors (Lipinski definition) is 5. The van der Waals surface area contributed by atoms with E-state index in [1.807, 2.05) is 179 Å². The van der Waals surface area contributed by atoms with Gasteiger partial charge in [0.2, 0.25) is 40.3 Å². The first-order valence-corrected chi connectivity index (χ1v) is 46.8. The number of nitrogens with one attached hydrogen (secondary N) is 2. The number of benzene rings is 6. The number of nitrogens with zero attached hydrogens (tertiary/aromatic N) is 15. The van der Waals surface area contributed by atoms with Gasteiger partial charge in [-0.25, -0.2) is 39.6 Å². The second-order valence-corrected chi connectivity index (χ2v) is 41.3. The van der Waals surface area contributed by atoms with E-state index in [0.29, 0.717) is 83.8 Å². The van der Waals surface area contributed by atoms with Crippen LogP contribution in [0.4, 0.5) is 34.9 Å². The number of rotatable bonds is 24. The summed E-state index contributed by atoms with van der Waals surface area (Å²) in [5.41, 5.74) is 22.3. The van der Waals surface area contributed by atoms with Crippen molar-refractivity contribution in [1.29, 1.82) is 0 Å². The monoisotopic (exact) mass is 1750 g/mol. The topological polar surface area (TPSA) is 333 Å². The van der Waals surface area contributed by atoms with E-state index in [-0.39, 0.29) is 57.3 Å². The van der Waals surface area contributed by atoms with Gasteiger partial charge < -0.3 is 37.3 Å². The Morgan fingerprint density at radius 2 is 0.839 bits per heavy atom. The summed E-state index contributed by atoms with van der Waals surface area (Å²) in [4.78, 5) is 89.3. The maximum Gasteiger partial charge on any atom is 0.264 e. The maximum absolute atomic E-state index is 14.2. The maximum atomic E-state index is 14.2. The van der Waals surface area contributed by atoms with Crippen LogP contribution in [0, 0.1) is 13.1 Å². The number of aromatic nitrogens is 13. The Morgan fingerprint density at radius 1 is 0.458 bits per heavy atom. The van der Waals surface area contributed by atoms with Gasteiger partial charge in [0.15, 0.2) is 5.82 Å². The van der Waals surface area contributed by atoms with E-state index in [1.165, 1.54) is 88.5 Å². The van der Waals surface area contributed by atoms with Gasteiger partial charge in [0.1, 0.15) is 11.6 Å². The Bertz CT molecular complexity index is 6040. The minimum Gasteiger partial charge on any atom is -0.481 e. The van der Waals surface area contributed by atoms with E-state index in [0.717, 1.165) is 33.4 Å². The number of methoxy groups -OCH3 is 3. The fourth-order valence-corrected chi connectivity index (χ4v) is 29.0. The molecule has 8 N–H and O–H groups in total. The van der Waals surface area contributed by atoms with Crippen LogP contribution in [-0.4, -0.2) is 103 Å². The van der Waals surface area contributed by atoms with E-state index in [2.05, 4.69) is 81.0 Å². The molecule has 30 heteroatoms. The van der Waals surface area contributed by atoms with Gasteiger partial charge in [0.05, 0.1) is 65.7 Å². The smallest absolute Gasteiger partial charge is 0.264 e. The van der Waals surface area contributed by atoms with Gasteiger partial charge in [-0.1, -0.05) is 120 Å². The van der Waals surface area contributed by atoms with Crippen molar-refractivity contribution in [3.63, 3.8) is 0 Å². The Morgan fingerprint density at radius 3 is 1.25 bits per heavy atom. The number of hydrogen-bond acceptors (Lipinski definition) is 21. The van der Waals surface area contributed by atoms with Crippen molar-refractivity contribution in [1.82, 2.24) is 63.5 Å². The zero-order valence-corrected chi connectivity index (χ0v) is 71.9. The number of halogens is 3. The number of nitrogen functional groups attached to an aromatic ring is 2. The molecule has 0 amide bonds. The van der Waals surface area contributed by atoms with Gasteiger partial charge in [-0.05, 0) is 115 Å². The first kappa shape index (κ1) is 87.9. The number of anilines is 4. The van der Waals surface area contributed by atoms with Gasteiger partial charge >= 0.3 is 135 Å². The van der Waals surface area contributed by atoms with E-state index < -0.39 is 24.4 Å². The number of ether oxygens (including phenoxy) is 3. The van der Waals surface area contributed by atoms with Crippen LogP contribution >= 0.6 is 34.8 Å². The molecule has 604 valence electrons. The SMILES string of the molecule is CCC[CH2][Sn]([CH2]CCC)([CH2]CCC)[c]1nccc(OC)n1.COc1ccnc(Cl)n1.C[C@H](N)c1cc2cccc(Cl)c2c(=O)n1-c1ccccc1.[C-]#[N+]c1cnc(N)nc1N[C@@H](C)c1cc2cccc(-c3nccc(OC)n3)c2c(=O)n1-c1ccccc1.[C-]#[N+]c1cnc(N)nc1N[C@@H](C)c1cc2cccc(Cl)c2c(=O)n1-c1ccccc1. The van der Waals surface area contributed by atoms with Crippen molar-refractivity contribution in [2.24, 2.45) is 5.73 Å². The molecule has 8 heterocycles. The second kappa shape index (κ2) is 42.4. The first-order chi connectivity index (χ1) is 57.1. The zero-order chi connectivity index (χ0) is 84.4. The molecular weight excluding hydrogens is 1660 g/mol. The molecule has 14 rings (SSSR count). The quantitative estimate of drug-likeness (QED) is 0.0213. The summed E-state index contributed by atoms with van der Waals surface area (Å²) in [6, 6.07) is 54.4. The molecule has 3 atom stereocenters. The van der Waals surface area contributed by atoms with Crippen molar-refractivity contribution in [3.8, 4) is 46.1 Å². The summed E-state index contributed by atoms with van der Waals surface area (Å²) in [6.07, 6.45) is 15.6. The Labute approximate surface area is 703 Å². The van der Waals surface area contributed by atoms with Gasteiger partial charge in [0, 0.05) is 82.7 Å². The molecule has 0 radical (unpaired) electrons. The second-order valence-electron chi connectivity index (χ2n) is 27.3. The number of pyridine rings is 3. The third kappa shape index (κ3) is 21.6. The summed E-state index contributed by atoms with van der Waals surface area (Å²) in [7, 11) is 4.76. The third-order valence-corrected chi connectivity index (χ3v) is 34.7. The molecule has 8 aromatic heterocycles. The van der Waals surface area contributed by atoms with Crippen LogP contribution in [0.15, 0.2) is 227 Å². The van der Waals surface area contributed by atoms with Crippen molar-refractivity contribution in [2.75, 3.05) is 43.4 Å². The predicted molar refractivity (Wildman–Crippen MR) is 475 cm³/mol. The Hall–Kier alpha value is -12.4. The van der Waals surface area contributed by atoms with Crippen molar-refractivity contribution in [2.45, 2.75) is 112 Å². The molecule has 118 heavy (non-hydrogen) atoms. The van der Waals surface area contributed by atoms with Crippen molar-refractivity contribution >= 4 is 124 Å². The summed E-state index contributed by atoms with van der Waals surface area (Å²) < 4.78 is 25.7. The minimum atomic E-state index is -2.47. The average Bonchev–Trinajstić information content (AvgIpc) is 0.757. The van der Waals surface area contributed by atoms with Gasteiger partial charge in [-0.2, -0.15) is 9.97 Å². The van der Waals surface area contributed by atoms with Gasteiger partial charge in [0.25, 0.3) is 16.7 Å². The first-order valence-electron chi connectivity index (χ1n) is 38.2. The summed E-state index contributed by atoms with van der Waals surface area (Å²) >= 11 is 15.5. The fourth-order valence-electron chi connectivity index (χ4n) is 13.4. The van der Waals surface area contributed by atoms with Crippen LogP contribution in [0.2, 0.25) is 28.6 Å². The summed E-state index contributed by atoms with van der Waals surface area (Å²) in [5.74, 6) is 2.72. The Kier molecular flexibility index (Phi) is 31.6. The van der Waals surface area contributed by atoms with Crippen LogP contribution in [0.1, 0.15) is 115 Å². The van der Waals surface area contributed by atoms with E-state index >= 15 is 0 Å². The van der Waals surface area contributed by atoms with Crippen LogP contribution in [0.5, 0.6) is 17.6 Å². The van der Waals surface area contributed by atoms with E-state index in [1.54, 1.807) is 57.3 Å². The number of nitrogens with two attached hydrogens (primary N) is 3. The molecule has 6 aromatic carbocycles. The van der Waals surface area contributed by atoms with Crippen LogP contribution in [0.3, 0.4) is 0 Å². The van der Waals surface area contributed by atoms with Gasteiger partial charge in [-0.3, -0.25) is 28.1 Å². The molecule has 0 saturated carbocycles. The molecule has 26 nitrogen and oxygen atoms in total. The minimum absolute atomic E-state index is 0.0454. The molecule has 0 saturated heterocycles. The van der Waals surface area contributed by atoms with Gasteiger partial charge in [-0.15, -0.1) is 0 Å². The fraction of sp³-hybridized carbons (Fsp3) is 0.239.